The fourth-order valence-corrected chi connectivity index (χ4v) is 2.42. The van der Waals surface area contributed by atoms with Crippen LogP contribution in [0.25, 0.3) is 0 Å². The lowest BCUT2D eigenvalue weighted by Gasteiger charge is -2.26. The molecule has 2 rings (SSSR count). The molecular formula is C14H18O2. The smallest absolute Gasteiger partial charge is 0.166 e. The van der Waals surface area contributed by atoms with Gasteiger partial charge in [-0.25, -0.2) is 0 Å². The molecule has 1 aliphatic carbocycles. The second kappa shape index (κ2) is 4.28. The maximum Gasteiger partial charge on any atom is 0.166 e. The van der Waals surface area contributed by atoms with Crippen LogP contribution in [0.3, 0.4) is 0 Å². The first-order chi connectivity index (χ1) is 7.63. The topological polar surface area (TPSA) is 26.3 Å². The Morgan fingerprint density at radius 3 is 2.75 bits per heavy atom. The maximum absolute atomic E-state index is 12.2. The zero-order valence-corrected chi connectivity index (χ0v) is 10.1. The number of carbonyl (C=O) groups excluding carboxylic acids is 1. The molecule has 0 bridgehead atoms. The molecule has 1 aliphatic rings. The van der Waals surface area contributed by atoms with Crippen LogP contribution in [0.15, 0.2) is 18.2 Å². The Bertz CT molecular complexity index is 407. The number of fused-ring (bicyclic) bond motifs is 1. The number of rotatable bonds is 2. The normalized spacial score (nSPS) is 19.8. The van der Waals surface area contributed by atoms with E-state index in [1.54, 1.807) is 7.11 Å². The van der Waals surface area contributed by atoms with Gasteiger partial charge in [0.05, 0.1) is 7.11 Å². The Balaban J connectivity index is 2.35. The van der Waals surface area contributed by atoms with Gasteiger partial charge in [-0.15, -0.1) is 0 Å². The first kappa shape index (κ1) is 11.2. The number of methoxy groups -OCH3 is 1. The molecule has 0 aromatic heterocycles. The van der Waals surface area contributed by atoms with E-state index in [-0.39, 0.29) is 5.92 Å². The first-order valence-electron chi connectivity index (χ1n) is 5.84. The Labute approximate surface area is 96.6 Å². The van der Waals surface area contributed by atoms with E-state index < -0.39 is 0 Å². The van der Waals surface area contributed by atoms with Gasteiger partial charge in [0, 0.05) is 11.5 Å². The molecule has 0 saturated carbocycles. The molecule has 2 nitrogen and oxygen atoms in total. The molecule has 1 unspecified atom stereocenters. The molecule has 1 aromatic carbocycles. The number of carbonyl (C=O) groups is 1. The lowest BCUT2D eigenvalue weighted by atomic mass is 9.77. The van der Waals surface area contributed by atoms with E-state index in [9.17, 15) is 4.79 Å². The number of Topliss-reactive ketones (excluding diaryl/α,β-unsaturated/α-hetero) is 1. The molecular weight excluding hydrogens is 200 g/mol. The van der Waals surface area contributed by atoms with Gasteiger partial charge in [-0.05, 0) is 42.5 Å². The van der Waals surface area contributed by atoms with E-state index in [0.29, 0.717) is 11.7 Å². The van der Waals surface area contributed by atoms with Gasteiger partial charge >= 0.3 is 0 Å². The van der Waals surface area contributed by atoms with Crippen molar-refractivity contribution in [3.63, 3.8) is 0 Å². The highest BCUT2D eigenvalue weighted by Crippen LogP contribution is 2.31. The number of benzene rings is 1. The Kier molecular flexibility index (Phi) is 2.99. The summed E-state index contributed by atoms with van der Waals surface area (Å²) in [6.07, 6.45) is 1.96. The molecule has 0 amide bonds. The van der Waals surface area contributed by atoms with Gasteiger partial charge < -0.3 is 4.74 Å². The Morgan fingerprint density at radius 1 is 1.38 bits per heavy atom. The molecule has 0 fully saturated rings. The first-order valence-corrected chi connectivity index (χ1v) is 5.84. The Morgan fingerprint density at radius 2 is 2.12 bits per heavy atom. The molecule has 0 radical (unpaired) electrons. The fourth-order valence-electron chi connectivity index (χ4n) is 2.42. The van der Waals surface area contributed by atoms with E-state index in [0.717, 1.165) is 29.7 Å². The third-order valence-corrected chi connectivity index (χ3v) is 3.44. The highest BCUT2D eigenvalue weighted by atomic mass is 16.5. The van der Waals surface area contributed by atoms with Crippen LogP contribution < -0.4 is 4.74 Å². The standard InChI is InChI=1S/C14H18O2/c1-9(2)12-6-4-10-8-11(16-3)5-7-13(10)14(12)15/h5,7-9,12H,4,6H2,1-3H3. The van der Waals surface area contributed by atoms with E-state index in [1.807, 2.05) is 18.2 Å². The summed E-state index contributed by atoms with van der Waals surface area (Å²) in [6, 6.07) is 5.77. The summed E-state index contributed by atoms with van der Waals surface area (Å²) in [4.78, 5) is 12.2. The lowest BCUT2D eigenvalue weighted by molar-refractivity contribution is 0.0864. The van der Waals surface area contributed by atoms with Crippen LogP contribution in [-0.2, 0) is 6.42 Å². The minimum absolute atomic E-state index is 0.195. The summed E-state index contributed by atoms with van der Waals surface area (Å²) in [5, 5.41) is 0. The summed E-state index contributed by atoms with van der Waals surface area (Å²) in [7, 11) is 1.66. The minimum Gasteiger partial charge on any atom is -0.497 e. The molecule has 0 saturated heterocycles. The highest BCUT2D eigenvalue weighted by Gasteiger charge is 2.29. The summed E-state index contributed by atoms with van der Waals surface area (Å²) in [5.74, 6) is 1.78. The van der Waals surface area contributed by atoms with E-state index in [2.05, 4.69) is 13.8 Å². The van der Waals surface area contributed by atoms with Crippen molar-refractivity contribution in [1.29, 1.82) is 0 Å². The number of hydrogen-bond donors (Lipinski definition) is 0. The lowest BCUT2D eigenvalue weighted by Crippen LogP contribution is -2.26. The van der Waals surface area contributed by atoms with Crippen LogP contribution in [0.1, 0.15) is 36.2 Å². The largest absolute Gasteiger partial charge is 0.497 e. The third kappa shape index (κ3) is 1.84. The molecule has 0 heterocycles. The molecule has 0 N–H and O–H groups in total. The zero-order valence-electron chi connectivity index (χ0n) is 10.1. The molecule has 1 atom stereocenters. The van der Waals surface area contributed by atoms with Crippen LogP contribution in [-0.4, -0.2) is 12.9 Å². The van der Waals surface area contributed by atoms with Crippen LogP contribution in [0.2, 0.25) is 0 Å². The molecule has 86 valence electrons. The SMILES string of the molecule is COc1ccc2c(c1)CCC(C(C)C)C2=O. The highest BCUT2D eigenvalue weighted by molar-refractivity contribution is 6.00. The summed E-state index contributed by atoms with van der Waals surface area (Å²) in [5.41, 5.74) is 2.03. The Hall–Kier alpha value is -1.31. The predicted molar refractivity (Wildman–Crippen MR) is 64.0 cm³/mol. The van der Waals surface area contributed by atoms with Gasteiger partial charge in [-0.3, -0.25) is 4.79 Å². The number of aryl methyl sites for hydroxylation is 1. The second-order valence-corrected chi connectivity index (χ2v) is 4.78. The van der Waals surface area contributed by atoms with Crippen molar-refractivity contribution in [2.45, 2.75) is 26.7 Å². The third-order valence-electron chi connectivity index (χ3n) is 3.44. The summed E-state index contributed by atoms with van der Waals surface area (Å²) >= 11 is 0. The molecule has 16 heavy (non-hydrogen) atoms. The van der Waals surface area contributed by atoms with E-state index in [1.165, 1.54) is 0 Å². The minimum atomic E-state index is 0.195. The number of ketones is 1. The van der Waals surface area contributed by atoms with Gasteiger partial charge in [-0.1, -0.05) is 13.8 Å². The zero-order chi connectivity index (χ0) is 11.7. The van der Waals surface area contributed by atoms with Crippen LogP contribution in [0, 0.1) is 11.8 Å². The van der Waals surface area contributed by atoms with Crippen molar-refractivity contribution < 1.29 is 9.53 Å². The molecule has 2 heteroatoms. The number of hydrogen-bond acceptors (Lipinski definition) is 2. The van der Waals surface area contributed by atoms with E-state index >= 15 is 0 Å². The van der Waals surface area contributed by atoms with Gasteiger partial charge in [0.25, 0.3) is 0 Å². The van der Waals surface area contributed by atoms with Crippen LogP contribution >= 0.6 is 0 Å². The molecule has 1 aromatic rings. The van der Waals surface area contributed by atoms with Crippen molar-refractivity contribution in [2.24, 2.45) is 11.8 Å². The van der Waals surface area contributed by atoms with Crippen LogP contribution in [0.4, 0.5) is 0 Å². The van der Waals surface area contributed by atoms with Crippen molar-refractivity contribution in [2.75, 3.05) is 7.11 Å². The summed E-state index contributed by atoms with van der Waals surface area (Å²) in [6.45, 7) is 4.24. The average molecular weight is 218 g/mol. The monoisotopic (exact) mass is 218 g/mol. The van der Waals surface area contributed by atoms with Crippen molar-refractivity contribution >= 4 is 5.78 Å². The second-order valence-electron chi connectivity index (χ2n) is 4.78. The van der Waals surface area contributed by atoms with Crippen LogP contribution in [0.5, 0.6) is 5.75 Å². The van der Waals surface area contributed by atoms with E-state index in [4.69, 9.17) is 4.74 Å². The number of ether oxygens (including phenoxy) is 1. The van der Waals surface area contributed by atoms with Crippen molar-refractivity contribution in [1.82, 2.24) is 0 Å². The summed E-state index contributed by atoms with van der Waals surface area (Å²) < 4.78 is 5.18. The fraction of sp³-hybridized carbons (Fsp3) is 0.500. The molecule has 0 spiro atoms. The average Bonchev–Trinajstić information content (AvgIpc) is 2.28. The quantitative estimate of drug-likeness (QED) is 0.762. The van der Waals surface area contributed by atoms with Gasteiger partial charge in [0.15, 0.2) is 5.78 Å². The predicted octanol–water partition coefficient (Wildman–Crippen LogP) is 3.10. The van der Waals surface area contributed by atoms with Gasteiger partial charge in [0.1, 0.15) is 5.75 Å². The van der Waals surface area contributed by atoms with Gasteiger partial charge in [-0.2, -0.15) is 0 Å². The molecule has 0 aliphatic heterocycles. The maximum atomic E-state index is 12.2. The van der Waals surface area contributed by atoms with Crippen molar-refractivity contribution in [3.8, 4) is 5.75 Å². The van der Waals surface area contributed by atoms with Gasteiger partial charge in [0.2, 0.25) is 0 Å². The van der Waals surface area contributed by atoms with Crippen molar-refractivity contribution in [3.05, 3.63) is 29.3 Å².